The molecule has 1 aliphatic heterocycles. The van der Waals surface area contributed by atoms with Crippen LogP contribution in [0.5, 0.6) is 17.2 Å². The van der Waals surface area contributed by atoms with Crippen LogP contribution in [0.4, 0.5) is 0 Å². The second-order valence-electron chi connectivity index (χ2n) is 7.33. The molecule has 3 aromatic rings. The first-order valence-electron chi connectivity index (χ1n) is 10.9. The van der Waals surface area contributed by atoms with E-state index in [0.29, 0.717) is 67.4 Å². The fourth-order valence-electron chi connectivity index (χ4n) is 3.60. The van der Waals surface area contributed by atoms with E-state index in [1.165, 1.54) is 0 Å². The number of nitrogens with zero attached hydrogens (tertiary/aromatic N) is 3. The average Bonchev–Trinajstić information content (AvgIpc) is 3.25. The number of aromatic nitrogens is 2. The summed E-state index contributed by atoms with van der Waals surface area (Å²) >= 11 is 0. The molecule has 0 radical (unpaired) electrons. The number of rotatable bonds is 9. The maximum Gasteiger partial charge on any atom is 0.254 e. The van der Waals surface area contributed by atoms with Crippen LogP contribution < -0.4 is 14.2 Å². The van der Waals surface area contributed by atoms with Gasteiger partial charge in [-0.3, -0.25) is 4.79 Å². The van der Waals surface area contributed by atoms with Gasteiger partial charge in [0.2, 0.25) is 17.5 Å². The molecule has 1 fully saturated rings. The molecular weight excluding hydrogens is 410 g/mol. The molecule has 8 nitrogen and oxygen atoms in total. The third-order valence-electron chi connectivity index (χ3n) is 5.15. The van der Waals surface area contributed by atoms with E-state index in [2.05, 4.69) is 10.1 Å². The molecule has 1 aromatic heterocycles. The summed E-state index contributed by atoms with van der Waals surface area (Å²) < 4.78 is 22.6. The SMILES string of the molecule is CCOc1cc(C(=O)N2CC(c3nc(-c4ccccc4)no3)C2)cc(OCC)c1OCC. The van der Waals surface area contributed by atoms with E-state index >= 15 is 0 Å². The Morgan fingerprint density at radius 3 is 2.22 bits per heavy atom. The molecule has 8 heteroatoms. The highest BCUT2D eigenvalue weighted by Gasteiger charge is 2.36. The van der Waals surface area contributed by atoms with Crippen molar-refractivity contribution < 1.29 is 23.5 Å². The molecule has 32 heavy (non-hydrogen) atoms. The molecule has 0 aliphatic carbocycles. The predicted octanol–water partition coefficient (Wildman–Crippen LogP) is 4.17. The Morgan fingerprint density at radius 2 is 1.62 bits per heavy atom. The lowest BCUT2D eigenvalue weighted by molar-refractivity contribution is 0.0568. The van der Waals surface area contributed by atoms with Crippen LogP contribution in [0.25, 0.3) is 11.4 Å². The lowest BCUT2D eigenvalue weighted by atomic mass is 9.98. The molecule has 0 N–H and O–H groups in total. The highest BCUT2D eigenvalue weighted by molar-refractivity contribution is 5.96. The normalized spacial score (nSPS) is 13.5. The minimum atomic E-state index is -0.103. The molecule has 0 atom stereocenters. The fraction of sp³-hybridized carbons (Fsp3) is 0.375. The average molecular weight is 437 g/mol. The van der Waals surface area contributed by atoms with Crippen molar-refractivity contribution in [2.24, 2.45) is 0 Å². The van der Waals surface area contributed by atoms with Crippen molar-refractivity contribution in [3.63, 3.8) is 0 Å². The number of amides is 1. The summed E-state index contributed by atoms with van der Waals surface area (Å²) in [5, 5.41) is 4.07. The number of hydrogen-bond donors (Lipinski definition) is 0. The number of benzene rings is 2. The Morgan fingerprint density at radius 1 is 1.00 bits per heavy atom. The van der Waals surface area contributed by atoms with Crippen LogP contribution in [0.15, 0.2) is 47.0 Å². The fourth-order valence-corrected chi connectivity index (χ4v) is 3.60. The van der Waals surface area contributed by atoms with Gasteiger partial charge in [-0.25, -0.2) is 0 Å². The van der Waals surface area contributed by atoms with Gasteiger partial charge in [-0.1, -0.05) is 35.5 Å². The monoisotopic (exact) mass is 437 g/mol. The maximum absolute atomic E-state index is 13.1. The molecule has 0 saturated carbocycles. The molecule has 0 unspecified atom stereocenters. The van der Waals surface area contributed by atoms with Crippen molar-refractivity contribution in [1.29, 1.82) is 0 Å². The lowest BCUT2D eigenvalue weighted by Crippen LogP contribution is -2.48. The van der Waals surface area contributed by atoms with Crippen molar-refractivity contribution in [1.82, 2.24) is 15.0 Å². The topological polar surface area (TPSA) is 86.9 Å². The first kappa shape index (κ1) is 21.7. The summed E-state index contributed by atoms with van der Waals surface area (Å²) in [5.41, 5.74) is 1.39. The van der Waals surface area contributed by atoms with Crippen molar-refractivity contribution in [3.05, 3.63) is 53.9 Å². The number of carbonyl (C=O) groups is 1. The zero-order chi connectivity index (χ0) is 22.5. The zero-order valence-corrected chi connectivity index (χ0v) is 18.5. The number of likely N-dealkylation sites (tertiary alicyclic amines) is 1. The van der Waals surface area contributed by atoms with Crippen molar-refractivity contribution >= 4 is 5.91 Å². The Kier molecular flexibility index (Phi) is 6.58. The van der Waals surface area contributed by atoms with Crippen LogP contribution in [-0.2, 0) is 0 Å². The molecule has 1 aliphatic rings. The molecule has 168 valence electrons. The number of ether oxygens (including phenoxy) is 3. The molecule has 0 spiro atoms. The predicted molar refractivity (Wildman–Crippen MR) is 118 cm³/mol. The van der Waals surface area contributed by atoms with Gasteiger partial charge in [0, 0.05) is 24.2 Å². The van der Waals surface area contributed by atoms with Crippen LogP contribution in [0.3, 0.4) is 0 Å². The van der Waals surface area contributed by atoms with E-state index < -0.39 is 0 Å². The summed E-state index contributed by atoms with van der Waals surface area (Å²) in [4.78, 5) is 19.4. The van der Waals surface area contributed by atoms with Gasteiger partial charge in [0.05, 0.1) is 25.7 Å². The van der Waals surface area contributed by atoms with Crippen molar-refractivity contribution in [3.8, 4) is 28.6 Å². The highest BCUT2D eigenvalue weighted by Crippen LogP contribution is 2.40. The van der Waals surface area contributed by atoms with E-state index in [9.17, 15) is 4.79 Å². The van der Waals surface area contributed by atoms with Gasteiger partial charge in [0.1, 0.15) is 0 Å². The first-order valence-corrected chi connectivity index (χ1v) is 10.9. The van der Waals surface area contributed by atoms with Crippen LogP contribution in [0.1, 0.15) is 42.9 Å². The second kappa shape index (κ2) is 9.72. The number of hydrogen-bond acceptors (Lipinski definition) is 7. The molecule has 2 aromatic carbocycles. The molecule has 0 bridgehead atoms. The van der Waals surface area contributed by atoms with E-state index in [1.54, 1.807) is 17.0 Å². The van der Waals surface area contributed by atoms with Gasteiger partial charge in [0.25, 0.3) is 5.91 Å². The largest absolute Gasteiger partial charge is 0.490 e. The molecule has 4 rings (SSSR count). The summed E-state index contributed by atoms with van der Waals surface area (Å²) in [6, 6.07) is 13.1. The Balaban J connectivity index is 1.48. The molecule has 2 heterocycles. The molecule has 1 amide bonds. The van der Waals surface area contributed by atoms with Gasteiger partial charge < -0.3 is 23.6 Å². The van der Waals surface area contributed by atoms with Gasteiger partial charge in [-0.15, -0.1) is 0 Å². The van der Waals surface area contributed by atoms with Crippen LogP contribution in [0.2, 0.25) is 0 Å². The smallest absolute Gasteiger partial charge is 0.254 e. The van der Waals surface area contributed by atoms with E-state index in [-0.39, 0.29) is 11.8 Å². The second-order valence-corrected chi connectivity index (χ2v) is 7.33. The first-order chi connectivity index (χ1) is 15.6. The summed E-state index contributed by atoms with van der Waals surface area (Å²) in [5.74, 6) is 2.55. The molecular formula is C24H27N3O5. The van der Waals surface area contributed by atoms with Gasteiger partial charge in [-0.2, -0.15) is 4.98 Å². The van der Waals surface area contributed by atoms with Gasteiger partial charge >= 0.3 is 0 Å². The standard InChI is InChI=1S/C24H27N3O5/c1-4-29-19-12-17(13-20(30-5-2)21(19)31-6-3)24(28)27-14-18(15-27)23-25-22(26-32-23)16-10-8-7-9-11-16/h7-13,18H,4-6,14-15H2,1-3H3. The van der Waals surface area contributed by atoms with E-state index in [0.717, 1.165) is 5.56 Å². The minimum absolute atomic E-state index is 0.0179. The third-order valence-corrected chi connectivity index (χ3v) is 5.15. The van der Waals surface area contributed by atoms with Crippen molar-refractivity contribution in [2.75, 3.05) is 32.9 Å². The maximum atomic E-state index is 13.1. The Bertz CT molecular complexity index is 1030. The van der Waals surface area contributed by atoms with Gasteiger partial charge in [-0.05, 0) is 32.9 Å². The quantitative estimate of drug-likeness (QED) is 0.496. The number of carbonyl (C=O) groups excluding carboxylic acids is 1. The minimum Gasteiger partial charge on any atom is -0.490 e. The Labute approximate surface area is 187 Å². The summed E-state index contributed by atoms with van der Waals surface area (Å²) in [6.45, 7) is 8.07. The summed E-state index contributed by atoms with van der Waals surface area (Å²) in [7, 11) is 0. The third kappa shape index (κ3) is 4.39. The Hall–Kier alpha value is -3.55. The zero-order valence-electron chi connectivity index (χ0n) is 18.5. The van der Waals surface area contributed by atoms with Gasteiger partial charge in [0.15, 0.2) is 11.5 Å². The van der Waals surface area contributed by atoms with E-state index in [1.807, 2.05) is 51.1 Å². The summed E-state index contributed by atoms with van der Waals surface area (Å²) in [6.07, 6.45) is 0. The van der Waals surface area contributed by atoms with Crippen LogP contribution >= 0.6 is 0 Å². The van der Waals surface area contributed by atoms with Crippen molar-refractivity contribution in [2.45, 2.75) is 26.7 Å². The van der Waals surface area contributed by atoms with E-state index in [4.69, 9.17) is 18.7 Å². The van der Waals surface area contributed by atoms with Crippen LogP contribution in [0, 0.1) is 0 Å². The lowest BCUT2D eigenvalue weighted by Gasteiger charge is -2.37. The van der Waals surface area contributed by atoms with Crippen LogP contribution in [-0.4, -0.2) is 53.9 Å². The molecule has 1 saturated heterocycles. The highest BCUT2D eigenvalue weighted by atomic mass is 16.5.